The number of nitrogens with zero attached hydrogens (tertiary/aromatic N) is 2. The predicted octanol–water partition coefficient (Wildman–Crippen LogP) is 3.06. The van der Waals surface area contributed by atoms with E-state index in [1.54, 1.807) is 0 Å². The molecule has 0 aliphatic rings. The van der Waals surface area contributed by atoms with Crippen LogP contribution in [-0.4, -0.2) is 16.9 Å². The minimum absolute atomic E-state index is 0.789. The Morgan fingerprint density at radius 3 is 2.44 bits per heavy atom. The number of hydrogen-bond acceptors (Lipinski definition) is 3. The molecule has 0 saturated carbocycles. The van der Waals surface area contributed by atoms with Gasteiger partial charge in [0.1, 0.15) is 0 Å². The first kappa shape index (κ1) is 13.1. The van der Waals surface area contributed by atoms with Crippen molar-refractivity contribution in [2.45, 2.75) is 13.1 Å². The van der Waals surface area contributed by atoms with Crippen LogP contribution >= 0.6 is 15.9 Å². The monoisotopic (exact) mass is 305 g/mol. The van der Waals surface area contributed by atoms with Crippen LogP contribution in [0.3, 0.4) is 0 Å². The summed E-state index contributed by atoms with van der Waals surface area (Å²) >= 11 is 3.46. The van der Waals surface area contributed by atoms with E-state index >= 15 is 0 Å². The topological polar surface area (TPSA) is 42.2 Å². The molecule has 0 saturated heterocycles. The van der Waals surface area contributed by atoms with E-state index in [0.717, 1.165) is 23.2 Å². The molecule has 0 spiro atoms. The third kappa shape index (κ3) is 3.82. The third-order valence-electron chi connectivity index (χ3n) is 2.63. The lowest BCUT2D eigenvalue weighted by Gasteiger charge is -2.17. The summed E-state index contributed by atoms with van der Waals surface area (Å²) in [5, 5.41) is 0. The molecule has 0 bridgehead atoms. The highest BCUT2D eigenvalue weighted by atomic mass is 79.9. The number of rotatable bonds is 4. The van der Waals surface area contributed by atoms with Crippen molar-refractivity contribution in [3.8, 4) is 0 Å². The molecule has 2 N–H and O–H groups in total. The molecule has 1 aromatic heterocycles. The fourth-order valence-electron chi connectivity index (χ4n) is 1.93. The molecule has 1 heterocycles. The maximum Gasteiger partial charge on any atom is 0.0328 e. The van der Waals surface area contributed by atoms with Crippen LogP contribution in [-0.2, 0) is 13.1 Å². The standard InChI is InChI=1S/C14H16BrN3/c1-18(9-11-2-4-17-5-3-11)10-12-6-13(15)8-14(16)7-12/h2-8H,9-10,16H2,1H3. The van der Waals surface area contributed by atoms with Gasteiger partial charge in [0.2, 0.25) is 0 Å². The first-order chi connectivity index (χ1) is 8.63. The highest BCUT2D eigenvalue weighted by Gasteiger charge is 2.03. The van der Waals surface area contributed by atoms with Gasteiger partial charge in [0.15, 0.2) is 0 Å². The number of aromatic nitrogens is 1. The molecule has 0 unspecified atom stereocenters. The van der Waals surface area contributed by atoms with Gasteiger partial charge in [0, 0.05) is 35.6 Å². The Morgan fingerprint density at radius 1 is 1.11 bits per heavy atom. The fraction of sp³-hybridized carbons (Fsp3) is 0.214. The van der Waals surface area contributed by atoms with Gasteiger partial charge in [-0.1, -0.05) is 15.9 Å². The minimum Gasteiger partial charge on any atom is -0.399 e. The van der Waals surface area contributed by atoms with E-state index in [1.807, 2.05) is 36.7 Å². The van der Waals surface area contributed by atoms with Crippen molar-refractivity contribution in [3.05, 3.63) is 58.3 Å². The van der Waals surface area contributed by atoms with Crippen LogP contribution in [0.2, 0.25) is 0 Å². The molecule has 0 aliphatic heterocycles. The smallest absolute Gasteiger partial charge is 0.0328 e. The lowest BCUT2D eigenvalue weighted by molar-refractivity contribution is 0.319. The maximum absolute atomic E-state index is 5.83. The number of hydrogen-bond donors (Lipinski definition) is 1. The molecule has 4 heteroatoms. The first-order valence-electron chi connectivity index (χ1n) is 5.76. The minimum atomic E-state index is 0.789. The molecule has 18 heavy (non-hydrogen) atoms. The van der Waals surface area contributed by atoms with Gasteiger partial charge in [0.05, 0.1) is 0 Å². The van der Waals surface area contributed by atoms with Crippen molar-refractivity contribution >= 4 is 21.6 Å². The number of anilines is 1. The van der Waals surface area contributed by atoms with E-state index in [-0.39, 0.29) is 0 Å². The Bertz CT molecular complexity index is 493. The summed E-state index contributed by atoms with van der Waals surface area (Å²) in [7, 11) is 2.09. The highest BCUT2D eigenvalue weighted by Crippen LogP contribution is 2.18. The quantitative estimate of drug-likeness (QED) is 0.883. The second-order valence-corrected chi connectivity index (χ2v) is 5.34. The van der Waals surface area contributed by atoms with E-state index < -0.39 is 0 Å². The SMILES string of the molecule is CN(Cc1ccncc1)Cc1cc(N)cc(Br)c1. The molecular formula is C14H16BrN3. The van der Waals surface area contributed by atoms with Gasteiger partial charge in [-0.3, -0.25) is 9.88 Å². The maximum atomic E-state index is 5.83. The molecular weight excluding hydrogens is 290 g/mol. The summed E-state index contributed by atoms with van der Waals surface area (Å²) in [5.41, 5.74) is 9.09. The van der Waals surface area contributed by atoms with Crippen LogP contribution in [0.5, 0.6) is 0 Å². The molecule has 94 valence electrons. The van der Waals surface area contributed by atoms with E-state index in [2.05, 4.69) is 38.9 Å². The van der Waals surface area contributed by atoms with Gasteiger partial charge in [0.25, 0.3) is 0 Å². The van der Waals surface area contributed by atoms with Crippen LogP contribution in [0.15, 0.2) is 47.2 Å². The van der Waals surface area contributed by atoms with Crippen LogP contribution in [0.4, 0.5) is 5.69 Å². The van der Waals surface area contributed by atoms with Crippen molar-refractivity contribution in [1.82, 2.24) is 9.88 Å². The number of nitrogens with two attached hydrogens (primary N) is 1. The summed E-state index contributed by atoms with van der Waals surface area (Å²) < 4.78 is 1.02. The summed E-state index contributed by atoms with van der Waals surface area (Å²) in [5.74, 6) is 0. The van der Waals surface area contributed by atoms with Crippen LogP contribution in [0.1, 0.15) is 11.1 Å². The Labute approximate surface area is 116 Å². The van der Waals surface area contributed by atoms with E-state index in [9.17, 15) is 0 Å². The summed E-state index contributed by atoms with van der Waals surface area (Å²) in [6.45, 7) is 1.76. The van der Waals surface area contributed by atoms with E-state index in [0.29, 0.717) is 0 Å². The fourth-order valence-corrected chi connectivity index (χ4v) is 2.49. The molecule has 3 nitrogen and oxygen atoms in total. The molecule has 0 atom stereocenters. The zero-order chi connectivity index (χ0) is 13.0. The second-order valence-electron chi connectivity index (χ2n) is 4.42. The second kappa shape index (κ2) is 5.98. The number of nitrogen functional groups attached to an aromatic ring is 1. The average Bonchev–Trinajstić information content (AvgIpc) is 2.28. The average molecular weight is 306 g/mol. The predicted molar refractivity (Wildman–Crippen MR) is 78.0 cm³/mol. The van der Waals surface area contributed by atoms with Gasteiger partial charge < -0.3 is 5.73 Å². The molecule has 0 fully saturated rings. The third-order valence-corrected chi connectivity index (χ3v) is 3.09. The highest BCUT2D eigenvalue weighted by molar-refractivity contribution is 9.10. The molecule has 0 aliphatic carbocycles. The summed E-state index contributed by atoms with van der Waals surface area (Å²) in [4.78, 5) is 6.27. The Kier molecular flexibility index (Phi) is 4.33. The van der Waals surface area contributed by atoms with E-state index in [1.165, 1.54) is 11.1 Å². The molecule has 2 aromatic rings. The van der Waals surface area contributed by atoms with Crippen LogP contribution in [0, 0.1) is 0 Å². The Hall–Kier alpha value is -1.39. The summed E-state index contributed by atoms with van der Waals surface area (Å²) in [6.07, 6.45) is 3.64. The molecule has 0 amide bonds. The lowest BCUT2D eigenvalue weighted by Crippen LogP contribution is -2.17. The Morgan fingerprint density at radius 2 is 1.78 bits per heavy atom. The summed E-state index contributed by atoms with van der Waals surface area (Å²) in [6, 6.07) is 10.1. The van der Waals surface area contributed by atoms with Gasteiger partial charge in [-0.25, -0.2) is 0 Å². The number of pyridine rings is 1. The molecule has 1 aromatic carbocycles. The van der Waals surface area contributed by atoms with Crippen molar-refractivity contribution in [2.24, 2.45) is 0 Å². The van der Waals surface area contributed by atoms with Crippen molar-refractivity contribution in [2.75, 3.05) is 12.8 Å². The largest absolute Gasteiger partial charge is 0.399 e. The zero-order valence-electron chi connectivity index (χ0n) is 10.3. The number of benzene rings is 1. The van der Waals surface area contributed by atoms with E-state index in [4.69, 9.17) is 5.73 Å². The molecule has 2 rings (SSSR count). The first-order valence-corrected chi connectivity index (χ1v) is 6.55. The van der Waals surface area contributed by atoms with Crippen LogP contribution < -0.4 is 5.73 Å². The van der Waals surface area contributed by atoms with Crippen molar-refractivity contribution in [3.63, 3.8) is 0 Å². The molecule has 0 radical (unpaired) electrons. The number of halogens is 1. The lowest BCUT2D eigenvalue weighted by atomic mass is 10.2. The normalized spacial score (nSPS) is 10.8. The van der Waals surface area contributed by atoms with Gasteiger partial charge in [-0.2, -0.15) is 0 Å². The van der Waals surface area contributed by atoms with Gasteiger partial charge in [-0.15, -0.1) is 0 Å². The van der Waals surface area contributed by atoms with Crippen molar-refractivity contribution < 1.29 is 0 Å². The Balaban J connectivity index is 2.01. The van der Waals surface area contributed by atoms with Crippen molar-refractivity contribution in [1.29, 1.82) is 0 Å². The van der Waals surface area contributed by atoms with Gasteiger partial charge >= 0.3 is 0 Å². The zero-order valence-corrected chi connectivity index (χ0v) is 11.9. The van der Waals surface area contributed by atoms with Crippen LogP contribution in [0.25, 0.3) is 0 Å². The van der Waals surface area contributed by atoms with Gasteiger partial charge in [-0.05, 0) is 48.5 Å².